The van der Waals surface area contributed by atoms with Crippen molar-refractivity contribution in [2.45, 2.75) is 68.0 Å². The molecular weight excluding hydrogens is 300 g/mol. The highest BCUT2D eigenvalue weighted by atomic mass is 16.3. The van der Waals surface area contributed by atoms with Gasteiger partial charge >= 0.3 is 0 Å². The van der Waals surface area contributed by atoms with Gasteiger partial charge in [-0.2, -0.15) is 0 Å². The van der Waals surface area contributed by atoms with Crippen LogP contribution < -0.4 is 5.73 Å². The van der Waals surface area contributed by atoms with Gasteiger partial charge in [0.15, 0.2) is 0 Å². The van der Waals surface area contributed by atoms with Crippen molar-refractivity contribution in [2.75, 3.05) is 13.1 Å². The van der Waals surface area contributed by atoms with E-state index in [0.29, 0.717) is 5.75 Å². The number of phenolic OH excluding ortho intramolecular Hbond substituents is 1. The van der Waals surface area contributed by atoms with Gasteiger partial charge < -0.3 is 15.9 Å². The number of hydrogen-bond acceptors (Lipinski definition) is 4. The van der Waals surface area contributed by atoms with Crippen LogP contribution in [0.5, 0.6) is 5.75 Å². The highest BCUT2D eigenvalue weighted by molar-refractivity contribution is 5.48. The predicted octanol–water partition coefficient (Wildman–Crippen LogP) is 1.91. The standard InChI is InChI=1S/C20H28N2O2/c21-15-5-6-20(24)18-9-14-3-4-16(23)10-17(14)19(20,11-15)7-8-22(18)12-13-1-2-13/h3-4,10,13,15,18,23-24H,1-2,5-9,11-12,21H2. The quantitative estimate of drug-likeness (QED) is 0.776. The summed E-state index contributed by atoms with van der Waals surface area (Å²) in [6, 6.07) is 6.12. The Kier molecular flexibility index (Phi) is 3.14. The summed E-state index contributed by atoms with van der Waals surface area (Å²) in [5, 5.41) is 22.0. The Morgan fingerprint density at radius 3 is 2.83 bits per heavy atom. The fraction of sp³-hybridized carbons (Fsp3) is 0.700. The summed E-state index contributed by atoms with van der Waals surface area (Å²) in [6.07, 6.45) is 7.08. The summed E-state index contributed by atoms with van der Waals surface area (Å²) in [7, 11) is 0. The summed E-state index contributed by atoms with van der Waals surface area (Å²) >= 11 is 0. The molecule has 3 aliphatic carbocycles. The molecule has 1 aromatic carbocycles. The molecule has 4 unspecified atom stereocenters. The molecule has 4 nitrogen and oxygen atoms in total. The first-order valence-electron chi connectivity index (χ1n) is 9.56. The molecule has 2 saturated carbocycles. The Hall–Kier alpha value is -1.10. The van der Waals surface area contributed by atoms with Crippen LogP contribution in [0.2, 0.25) is 0 Å². The highest BCUT2D eigenvalue weighted by Crippen LogP contribution is 2.58. The number of aromatic hydroxyl groups is 1. The van der Waals surface area contributed by atoms with Crippen LogP contribution in [0.1, 0.15) is 49.7 Å². The minimum atomic E-state index is -0.698. The van der Waals surface area contributed by atoms with E-state index in [9.17, 15) is 10.2 Å². The molecule has 4 atom stereocenters. The number of likely N-dealkylation sites (tertiary alicyclic amines) is 1. The van der Waals surface area contributed by atoms with Crippen LogP contribution in [0.15, 0.2) is 18.2 Å². The molecule has 3 fully saturated rings. The smallest absolute Gasteiger partial charge is 0.115 e. The normalized spacial score (nSPS) is 41.6. The monoisotopic (exact) mass is 328 g/mol. The number of phenols is 1. The van der Waals surface area contributed by atoms with Crippen LogP contribution >= 0.6 is 0 Å². The molecule has 1 aliphatic heterocycles. The van der Waals surface area contributed by atoms with E-state index in [4.69, 9.17) is 5.73 Å². The third-order valence-electron chi connectivity index (χ3n) is 7.37. The molecule has 4 N–H and O–H groups in total. The van der Waals surface area contributed by atoms with Crippen LogP contribution in [0, 0.1) is 5.92 Å². The topological polar surface area (TPSA) is 69.7 Å². The molecule has 4 aliphatic rings. The molecule has 4 heteroatoms. The van der Waals surface area contributed by atoms with Crippen molar-refractivity contribution in [3.63, 3.8) is 0 Å². The average Bonchev–Trinajstić information content (AvgIpc) is 3.36. The van der Waals surface area contributed by atoms with Crippen molar-refractivity contribution < 1.29 is 10.2 Å². The van der Waals surface area contributed by atoms with E-state index in [-0.39, 0.29) is 17.5 Å². The number of nitrogens with two attached hydrogens (primary N) is 1. The maximum atomic E-state index is 11.9. The summed E-state index contributed by atoms with van der Waals surface area (Å²) in [4.78, 5) is 2.57. The van der Waals surface area contributed by atoms with E-state index >= 15 is 0 Å². The third-order valence-corrected chi connectivity index (χ3v) is 7.37. The lowest BCUT2D eigenvalue weighted by atomic mass is 9.49. The van der Waals surface area contributed by atoms with Gasteiger partial charge in [0.1, 0.15) is 5.75 Å². The van der Waals surface area contributed by atoms with Gasteiger partial charge in [-0.3, -0.25) is 4.90 Å². The van der Waals surface area contributed by atoms with Gasteiger partial charge in [0.25, 0.3) is 0 Å². The van der Waals surface area contributed by atoms with Crippen molar-refractivity contribution in [3.8, 4) is 5.75 Å². The van der Waals surface area contributed by atoms with Crippen LogP contribution in [-0.2, 0) is 11.8 Å². The number of piperidine rings is 1. The first-order chi connectivity index (χ1) is 11.5. The summed E-state index contributed by atoms with van der Waals surface area (Å²) < 4.78 is 0. The zero-order valence-electron chi connectivity index (χ0n) is 14.2. The Bertz CT molecular complexity index is 674. The van der Waals surface area contributed by atoms with E-state index < -0.39 is 5.60 Å². The molecule has 1 heterocycles. The molecule has 0 aromatic heterocycles. The molecule has 0 amide bonds. The minimum absolute atomic E-state index is 0.147. The van der Waals surface area contributed by atoms with Crippen molar-refractivity contribution in [1.29, 1.82) is 0 Å². The molecule has 1 saturated heterocycles. The number of fused-ring (bicyclic) bond motifs is 1. The number of hydrogen-bond donors (Lipinski definition) is 3. The maximum Gasteiger partial charge on any atom is 0.115 e. The van der Waals surface area contributed by atoms with E-state index in [1.807, 2.05) is 6.07 Å². The van der Waals surface area contributed by atoms with Crippen LogP contribution in [-0.4, -0.2) is 45.9 Å². The van der Waals surface area contributed by atoms with Crippen LogP contribution in [0.4, 0.5) is 0 Å². The fourth-order valence-corrected chi connectivity index (χ4v) is 5.99. The van der Waals surface area contributed by atoms with Crippen molar-refractivity contribution in [2.24, 2.45) is 11.7 Å². The highest BCUT2D eigenvalue weighted by Gasteiger charge is 2.64. The van der Waals surface area contributed by atoms with Gasteiger partial charge in [0.2, 0.25) is 0 Å². The van der Waals surface area contributed by atoms with Gasteiger partial charge in [-0.15, -0.1) is 0 Å². The lowest BCUT2D eigenvalue weighted by Crippen LogP contribution is -2.74. The fourth-order valence-electron chi connectivity index (χ4n) is 5.99. The molecule has 5 rings (SSSR count). The largest absolute Gasteiger partial charge is 0.508 e. The maximum absolute atomic E-state index is 11.9. The Balaban J connectivity index is 1.64. The summed E-state index contributed by atoms with van der Waals surface area (Å²) in [6.45, 7) is 2.19. The molecule has 0 spiro atoms. The molecule has 130 valence electrons. The minimum Gasteiger partial charge on any atom is -0.508 e. The van der Waals surface area contributed by atoms with Crippen LogP contribution in [0.3, 0.4) is 0 Å². The molecule has 24 heavy (non-hydrogen) atoms. The van der Waals surface area contributed by atoms with E-state index in [1.54, 1.807) is 6.07 Å². The van der Waals surface area contributed by atoms with Gasteiger partial charge in [-0.1, -0.05) is 6.07 Å². The number of benzene rings is 1. The van der Waals surface area contributed by atoms with Crippen molar-refractivity contribution >= 4 is 0 Å². The zero-order valence-corrected chi connectivity index (χ0v) is 14.2. The lowest BCUT2D eigenvalue weighted by molar-refractivity contribution is -0.169. The predicted molar refractivity (Wildman–Crippen MR) is 93.0 cm³/mol. The second-order valence-electron chi connectivity index (χ2n) is 8.76. The summed E-state index contributed by atoms with van der Waals surface area (Å²) in [5.74, 6) is 1.15. The number of aliphatic hydroxyl groups is 1. The average molecular weight is 328 g/mol. The van der Waals surface area contributed by atoms with Gasteiger partial charge in [-0.25, -0.2) is 0 Å². The second kappa shape index (κ2) is 4.96. The summed E-state index contributed by atoms with van der Waals surface area (Å²) in [5.41, 5.74) is 7.86. The molecular formula is C20H28N2O2. The Morgan fingerprint density at radius 1 is 1.21 bits per heavy atom. The Labute approximate surface area is 143 Å². The first kappa shape index (κ1) is 15.2. The Morgan fingerprint density at radius 2 is 2.04 bits per heavy atom. The zero-order chi connectivity index (χ0) is 16.5. The van der Waals surface area contributed by atoms with Gasteiger partial charge in [0, 0.05) is 24.0 Å². The van der Waals surface area contributed by atoms with E-state index in [1.165, 1.54) is 24.0 Å². The van der Waals surface area contributed by atoms with Gasteiger partial charge in [-0.05, 0) is 80.7 Å². The molecule has 1 aromatic rings. The number of rotatable bonds is 2. The lowest BCUT2D eigenvalue weighted by Gasteiger charge is -2.64. The van der Waals surface area contributed by atoms with E-state index in [2.05, 4.69) is 11.0 Å². The van der Waals surface area contributed by atoms with Crippen molar-refractivity contribution in [3.05, 3.63) is 29.3 Å². The molecule has 0 radical (unpaired) electrons. The SMILES string of the molecule is NC1CCC2(O)C3Cc4ccc(O)cc4C2(CCN3CC2CC2)C1. The van der Waals surface area contributed by atoms with Crippen LogP contribution in [0.25, 0.3) is 0 Å². The van der Waals surface area contributed by atoms with Crippen molar-refractivity contribution in [1.82, 2.24) is 4.90 Å². The van der Waals surface area contributed by atoms with E-state index in [0.717, 1.165) is 51.1 Å². The number of nitrogens with zero attached hydrogens (tertiary/aromatic N) is 1. The molecule has 2 bridgehead atoms. The third kappa shape index (κ3) is 1.97. The van der Waals surface area contributed by atoms with Gasteiger partial charge in [0.05, 0.1) is 5.60 Å². The first-order valence-corrected chi connectivity index (χ1v) is 9.56. The second-order valence-corrected chi connectivity index (χ2v) is 8.76.